The Labute approximate surface area is 109 Å². The van der Waals surface area contributed by atoms with Crippen molar-refractivity contribution in [2.75, 3.05) is 5.32 Å². The monoisotopic (exact) mass is 265 g/mol. The lowest BCUT2D eigenvalue weighted by Gasteiger charge is -2.25. The fraction of sp³-hybridized carbons (Fsp3) is 0.500. The van der Waals surface area contributed by atoms with Crippen molar-refractivity contribution in [1.82, 2.24) is 4.98 Å². The number of hydrogen-bond donors (Lipinski definition) is 2. The molecular weight excluding hydrogens is 250 g/mol. The number of aliphatic carboxylic acids is 1. The molecule has 1 aliphatic rings. The van der Waals surface area contributed by atoms with Gasteiger partial charge in [0.05, 0.1) is 4.92 Å². The molecule has 7 heteroatoms. The summed E-state index contributed by atoms with van der Waals surface area (Å²) in [5, 5.41) is 23.2. The molecular formula is C12H15N3O4. The summed E-state index contributed by atoms with van der Waals surface area (Å²) in [5.41, 5.74) is -0.831. The molecule has 1 fully saturated rings. The Morgan fingerprint density at radius 1 is 1.53 bits per heavy atom. The number of rotatable bonds is 4. The molecule has 0 aliphatic heterocycles. The average molecular weight is 265 g/mol. The number of carboxylic acids is 1. The van der Waals surface area contributed by atoms with E-state index in [-0.39, 0.29) is 11.5 Å². The molecule has 0 amide bonds. The van der Waals surface area contributed by atoms with E-state index in [0.717, 1.165) is 12.8 Å². The van der Waals surface area contributed by atoms with Gasteiger partial charge in [0.2, 0.25) is 5.82 Å². The minimum atomic E-state index is -1.13. The summed E-state index contributed by atoms with van der Waals surface area (Å²) >= 11 is 0. The van der Waals surface area contributed by atoms with Crippen LogP contribution in [0.15, 0.2) is 12.3 Å². The molecule has 0 radical (unpaired) electrons. The lowest BCUT2D eigenvalue weighted by molar-refractivity contribution is -0.384. The Bertz CT molecular complexity index is 524. The van der Waals surface area contributed by atoms with Crippen LogP contribution >= 0.6 is 0 Å². The predicted molar refractivity (Wildman–Crippen MR) is 68.1 cm³/mol. The molecule has 19 heavy (non-hydrogen) atoms. The van der Waals surface area contributed by atoms with Gasteiger partial charge in [0, 0.05) is 11.8 Å². The third-order valence-electron chi connectivity index (χ3n) is 3.53. The quantitative estimate of drug-likeness (QED) is 0.638. The van der Waals surface area contributed by atoms with Crippen LogP contribution in [-0.4, -0.2) is 26.5 Å². The number of hydrogen-bond acceptors (Lipinski definition) is 5. The van der Waals surface area contributed by atoms with Gasteiger partial charge in [0.15, 0.2) is 0 Å². The van der Waals surface area contributed by atoms with Gasteiger partial charge in [0.1, 0.15) is 5.54 Å². The summed E-state index contributed by atoms with van der Waals surface area (Å²) in [4.78, 5) is 25.9. The van der Waals surface area contributed by atoms with Crippen molar-refractivity contribution >= 4 is 17.5 Å². The third-order valence-corrected chi connectivity index (χ3v) is 3.53. The highest BCUT2D eigenvalue weighted by atomic mass is 16.6. The second-order valence-corrected chi connectivity index (χ2v) is 4.80. The Morgan fingerprint density at radius 2 is 2.16 bits per heavy atom. The molecule has 0 aromatic carbocycles. The summed E-state index contributed by atoms with van der Waals surface area (Å²) in [6.07, 6.45) is 3.93. The maximum Gasteiger partial charge on any atom is 0.329 e. The first-order valence-electron chi connectivity index (χ1n) is 6.08. The van der Waals surface area contributed by atoms with Gasteiger partial charge in [-0.05, 0) is 25.8 Å². The van der Waals surface area contributed by atoms with E-state index in [1.807, 2.05) is 0 Å². The first-order valence-corrected chi connectivity index (χ1v) is 6.08. The fourth-order valence-corrected chi connectivity index (χ4v) is 2.47. The van der Waals surface area contributed by atoms with Crippen LogP contribution in [0.25, 0.3) is 0 Å². The van der Waals surface area contributed by atoms with E-state index in [1.54, 1.807) is 6.92 Å². The molecule has 1 heterocycles. The van der Waals surface area contributed by atoms with Gasteiger partial charge in [-0.2, -0.15) is 0 Å². The number of nitro groups is 1. The first kappa shape index (κ1) is 13.3. The first-order chi connectivity index (χ1) is 8.96. The van der Waals surface area contributed by atoms with Gasteiger partial charge in [0.25, 0.3) is 0 Å². The molecule has 2 rings (SSSR count). The normalized spacial score (nSPS) is 17.1. The molecule has 1 saturated carbocycles. The highest BCUT2D eigenvalue weighted by molar-refractivity contribution is 5.84. The van der Waals surface area contributed by atoms with Crippen molar-refractivity contribution in [3.05, 3.63) is 27.9 Å². The van der Waals surface area contributed by atoms with Gasteiger partial charge in [-0.25, -0.2) is 9.78 Å². The third kappa shape index (κ3) is 2.35. The van der Waals surface area contributed by atoms with Gasteiger partial charge < -0.3 is 10.4 Å². The Hall–Kier alpha value is -2.18. The lowest BCUT2D eigenvalue weighted by atomic mass is 9.97. The van der Waals surface area contributed by atoms with Gasteiger partial charge >= 0.3 is 11.7 Å². The maximum absolute atomic E-state index is 11.4. The summed E-state index contributed by atoms with van der Waals surface area (Å²) in [6, 6.07) is 1.53. The van der Waals surface area contributed by atoms with Gasteiger partial charge in [-0.1, -0.05) is 12.8 Å². The molecule has 1 aromatic heterocycles. The van der Waals surface area contributed by atoms with Crippen LogP contribution in [0.4, 0.5) is 11.5 Å². The van der Waals surface area contributed by atoms with Crippen LogP contribution in [0.3, 0.4) is 0 Å². The Balaban J connectivity index is 2.40. The van der Waals surface area contributed by atoms with Gasteiger partial charge in [-0.15, -0.1) is 0 Å². The van der Waals surface area contributed by atoms with Crippen molar-refractivity contribution < 1.29 is 14.8 Å². The molecule has 1 aliphatic carbocycles. The van der Waals surface area contributed by atoms with Crippen LogP contribution < -0.4 is 5.32 Å². The molecule has 0 spiro atoms. The number of anilines is 1. The van der Waals surface area contributed by atoms with Crippen LogP contribution in [0.5, 0.6) is 0 Å². The topological polar surface area (TPSA) is 105 Å². The minimum absolute atomic E-state index is 0.0364. The summed E-state index contributed by atoms with van der Waals surface area (Å²) in [6.45, 7) is 1.60. The largest absolute Gasteiger partial charge is 0.480 e. The summed E-state index contributed by atoms with van der Waals surface area (Å²) < 4.78 is 0. The van der Waals surface area contributed by atoms with Crippen LogP contribution in [0, 0.1) is 17.0 Å². The minimum Gasteiger partial charge on any atom is -0.480 e. The number of nitrogens with one attached hydrogen (secondary N) is 1. The second kappa shape index (κ2) is 4.83. The number of carbonyl (C=O) groups is 1. The molecule has 2 N–H and O–H groups in total. The van der Waals surface area contributed by atoms with Crippen LogP contribution in [0.2, 0.25) is 0 Å². The van der Waals surface area contributed by atoms with E-state index in [4.69, 9.17) is 0 Å². The smallest absolute Gasteiger partial charge is 0.329 e. The molecule has 0 atom stereocenters. The van der Waals surface area contributed by atoms with Crippen LogP contribution in [-0.2, 0) is 4.79 Å². The number of aromatic nitrogens is 1. The number of pyridine rings is 1. The van der Waals surface area contributed by atoms with Gasteiger partial charge in [-0.3, -0.25) is 10.1 Å². The molecule has 0 unspecified atom stereocenters. The van der Waals surface area contributed by atoms with Crippen molar-refractivity contribution in [3.8, 4) is 0 Å². The molecule has 1 aromatic rings. The van der Waals surface area contributed by atoms with Crippen molar-refractivity contribution in [2.45, 2.75) is 38.1 Å². The van der Waals surface area contributed by atoms with Crippen molar-refractivity contribution in [1.29, 1.82) is 0 Å². The Kier molecular flexibility index (Phi) is 3.37. The van der Waals surface area contributed by atoms with Crippen LogP contribution in [0.1, 0.15) is 31.2 Å². The average Bonchev–Trinajstić information content (AvgIpc) is 2.78. The highest BCUT2D eigenvalue weighted by Gasteiger charge is 2.43. The van der Waals surface area contributed by atoms with E-state index in [9.17, 15) is 20.0 Å². The zero-order valence-electron chi connectivity index (χ0n) is 10.5. The molecule has 0 saturated heterocycles. The maximum atomic E-state index is 11.4. The van der Waals surface area contributed by atoms with Crippen molar-refractivity contribution in [2.24, 2.45) is 0 Å². The molecule has 0 bridgehead atoms. The van der Waals surface area contributed by atoms with Crippen molar-refractivity contribution in [3.63, 3.8) is 0 Å². The fourth-order valence-electron chi connectivity index (χ4n) is 2.47. The van der Waals surface area contributed by atoms with E-state index in [0.29, 0.717) is 18.4 Å². The summed E-state index contributed by atoms with van der Waals surface area (Å²) in [7, 11) is 0. The van der Waals surface area contributed by atoms with E-state index >= 15 is 0 Å². The van der Waals surface area contributed by atoms with E-state index in [1.165, 1.54) is 12.3 Å². The van der Waals surface area contributed by atoms with E-state index in [2.05, 4.69) is 10.3 Å². The zero-order chi connectivity index (χ0) is 14.0. The number of nitrogens with zero attached hydrogens (tertiary/aromatic N) is 2. The highest BCUT2D eigenvalue weighted by Crippen LogP contribution is 2.36. The number of carboxylic acid groups (broad SMARTS) is 1. The molecule has 7 nitrogen and oxygen atoms in total. The summed E-state index contributed by atoms with van der Waals surface area (Å²) in [5.74, 6) is -0.947. The zero-order valence-corrected chi connectivity index (χ0v) is 10.5. The number of aryl methyl sites for hydroxylation is 1. The SMILES string of the molecule is Cc1ccnc(NC2(C(=O)O)CCCC2)c1[N+](=O)[O-]. The van der Waals surface area contributed by atoms with E-state index < -0.39 is 16.4 Å². The standard InChI is InChI=1S/C12H15N3O4/c1-8-4-7-13-10(9(8)15(18)19)14-12(11(16)17)5-2-3-6-12/h4,7H,2-3,5-6H2,1H3,(H,13,14)(H,16,17). The predicted octanol–water partition coefficient (Wildman–Crippen LogP) is 2.11. The second-order valence-electron chi connectivity index (χ2n) is 4.80. The lowest BCUT2D eigenvalue weighted by Crippen LogP contribution is -2.44. The Morgan fingerprint density at radius 3 is 2.68 bits per heavy atom. The molecule has 102 valence electrons.